The summed E-state index contributed by atoms with van der Waals surface area (Å²) in [5, 5.41) is 12.1. The van der Waals surface area contributed by atoms with Crippen LogP contribution >= 0.6 is 0 Å². The third-order valence-corrected chi connectivity index (χ3v) is 3.66. The van der Waals surface area contributed by atoms with Gasteiger partial charge in [0.15, 0.2) is 5.78 Å². The molecule has 0 amide bonds. The van der Waals surface area contributed by atoms with E-state index >= 15 is 0 Å². The molecular weight excluding hydrogens is 231 g/mol. The minimum absolute atomic E-state index is 0.214. The summed E-state index contributed by atoms with van der Waals surface area (Å²) in [5.41, 5.74) is 1.59. The Hall–Kier alpha value is -1.63. The van der Waals surface area contributed by atoms with E-state index in [1.165, 1.54) is 6.08 Å². The zero-order valence-corrected chi connectivity index (χ0v) is 10.7. The summed E-state index contributed by atoms with van der Waals surface area (Å²) >= 11 is 0. The molecule has 2 aliphatic rings. The lowest BCUT2D eigenvalue weighted by Gasteiger charge is -2.26. The lowest BCUT2D eigenvalue weighted by Crippen LogP contribution is -2.31. The fraction of sp³-hybridized carbons (Fsp3) is 0.571. The second-order valence-electron chi connectivity index (χ2n) is 5.12. The molecule has 0 bridgehead atoms. The molecule has 2 aliphatic carbocycles. The number of hydrogen-bond donors (Lipinski definition) is 1. The van der Waals surface area contributed by atoms with E-state index in [9.17, 15) is 9.18 Å². The van der Waals surface area contributed by atoms with Gasteiger partial charge in [0, 0.05) is 17.5 Å². The largest absolute Gasteiger partial charge is 0.381 e. The van der Waals surface area contributed by atoms with Crippen LogP contribution < -0.4 is 5.32 Å². The van der Waals surface area contributed by atoms with Crippen LogP contribution in [-0.2, 0) is 4.79 Å². The van der Waals surface area contributed by atoms with Crippen LogP contribution in [0.3, 0.4) is 0 Å². The zero-order chi connectivity index (χ0) is 13.3. The van der Waals surface area contributed by atoms with Gasteiger partial charge in [-0.05, 0) is 31.4 Å². The van der Waals surface area contributed by atoms with E-state index in [0.29, 0.717) is 0 Å². The second kappa shape index (κ2) is 4.93. The van der Waals surface area contributed by atoms with Crippen molar-refractivity contribution in [3.63, 3.8) is 0 Å². The van der Waals surface area contributed by atoms with Gasteiger partial charge in [0.05, 0.1) is 12.6 Å². The maximum atomic E-state index is 13.6. The van der Waals surface area contributed by atoms with Crippen LogP contribution in [0.4, 0.5) is 4.39 Å². The molecule has 0 heterocycles. The number of nitrogens with one attached hydrogen (secondary N) is 1. The van der Waals surface area contributed by atoms with Crippen molar-refractivity contribution in [1.82, 2.24) is 5.32 Å². The minimum atomic E-state index is -0.743. The number of ketones is 1. The molecular formula is C14H17FN2O. The van der Waals surface area contributed by atoms with Gasteiger partial charge in [0.2, 0.25) is 0 Å². The Balaban J connectivity index is 2.07. The molecule has 2 unspecified atom stereocenters. The first kappa shape index (κ1) is 12.8. The van der Waals surface area contributed by atoms with E-state index in [1.807, 2.05) is 13.0 Å². The molecule has 2 atom stereocenters. The molecule has 4 heteroatoms. The number of allylic oxidation sites excluding steroid dienone is 4. The lowest BCUT2D eigenvalue weighted by molar-refractivity contribution is -0.119. The predicted octanol–water partition coefficient (Wildman–Crippen LogP) is 2.47. The number of rotatable bonds is 4. The van der Waals surface area contributed by atoms with Gasteiger partial charge >= 0.3 is 0 Å². The van der Waals surface area contributed by atoms with Crippen LogP contribution in [-0.4, -0.2) is 12.3 Å². The lowest BCUT2D eigenvalue weighted by atomic mass is 9.84. The molecule has 0 aromatic carbocycles. The monoisotopic (exact) mass is 248 g/mol. The number of carbonyl (C=O) groups is 1. The number of Topliss-reactive ketones (excluding diaryl/α,β-unsaturated/α-hetero) is 1. The summed E-state index contributed by atoms with van der Waals surface area (Å²) in [6.07, 6.45) is 3.37. The predicted molar refractivity (Wildman–Crippen MR) is 65.9 cm³/mol. The van der Waals surface area contributed by atoms with E-state index < -0.39 is 5.92 Å². The van der Waals surface area contributed by atoms with Crippen molar-refractivity contribution < 1.29 is 9.18 Å². The van der Waals surface area contributed by atoms with Crippen molar-refractivity contribution in [2.75, 3.05) is 6.54 Å². The van der Waals surface area contributed by atoms with E-state index in [1.54, 1.807) is 6.92 Å². The minimum Gasteiger partial charge on any atom is -0.381 e. The Kier molecular flexibility index (Phi) is 3.51. The molecule has 0 spiro atoms. The van der Waals surface area contributed by atoms with Gasteiger partial charge in [-0.3, -0.25) is 4.79 Å². The highest BCUT2D eigenvalue weighted by Gasteiger charge is 2.32. The average Bonchev–Trinajstić information content (AvgIpc) is 3.12. The van der Waals surface area contributed by atoms with Crippen molar-refractivity contribution in [1.29, 1.82) is 5.26 Å². The van der Waals surface area contributed by atoms with Gasteiger partial charge < -0.3 is 5.32 Å². The molecule has 1 N–H and O–H groups in total. The number of nitriles is 1. The van der Waals surface area contributed by atoms with Crippen LogP contribution in [0.5, 0.6) is 0 Å². The number of halogens is 1. The van der Waals surface area contributed by atoms with E-state index in [4.69, 9.17) is 5.26 Å². The maximum Gasteiger partial charge on any atom is 0.154 e. The highest BCUT2D eigenvalue weighted by atomic mass is 19.1. The number of nitrogens with zero attached hydrogens (tertiary/aromatic N) is 1. The van der Waals surface area contributed by atoms with Crippen molar-refractivity contribution in [2.24, 2.45) is 17.8 Å². The fourth-order valence-corrected chi connectivity index (χ4v) is 2.34. The topological polar surface area (TPSA) is 52.9 Å². The number of hydrogen-bond acceptors (Lipinski definition) is 3. The van der Waals surface area contributed by atoms with Gasteiger partial charge in [-0.15, -0.1) is 0 Å². The Bertz CT molecular complexity index is 469. The second-order valence-corrected chi connectivity index (χ2v) is 5.12. The quantitative estimate of drug-likeness (QED) is 0.831. The smallest absolute Gasteiger partial charge is 0.154 e. The van der Waals surface area contributed by atoms with Crippen LogP contribution in [0, 0.1) is 29.1 Å². The van der Waals surface area contributed by atoms with E-state index in [-0.39, 0.29) is 30.0 Å². The average molecular weight is 248 g/mol. The first-order chi connectivity index (χ1) is 8.54. The summed E-state index contributed by atoms with van der Waals surface area (Å²) in [6, 6.07) is 1.97. The highest BCUT2D eigenvalue weighted by Crippen LogP contribution is 2.34. The molecule has 0 aliphatic heterocycles. The van der Waals surface area contributed by atoms with Crippen LogP contribution in [0.2, 0.25) is 0 Å². The summed E-state index contributed by atoms with van der Waals surface area (Å²) in [5.74, 6) is -0.928. The van der Waals surface area contributed by atoms with Gasteiger partial charge in [-0.25, -0.2) is 4.39 Å². The molecule has 0 radical (unpaired) electrons. The van der Waals surface area contributed by atoms with E-state index in [0.717, 1.165) is 24.1 Å². The van der Waals surface area contributed by atoms with Crippen LogP contribution in [0.15, 0.2) is 23.2 Å². The highest BCUT2D eigenvalue weighted by molar-refractivity contribution is 5.85. The molecule has 18 heavy (non-hydrogen) atoms. The fourth-order valence-electron chi connectivity index (χ4n) is 2.34. The molecule has 2 rings (SSSR count). The van der Waals surface area contributed by atoms with E-state index in [2.05, 4.69) is 5.32 Å². The van der Waals surface area contributed by atoms with Crippen molar-refractivity contribution in [2.45, 2.75) is 26.7 Å². The Morgan fingerprint density at radius 3 is 2.83 bits per heavy atom. The molecule has 0 aromatic heterocycles. The third-order valence-electron chi connectivity index (χ3n) is 3.66. The SMILES string of the molecule is CC1=C(NCC(=O)C2CC2)C(C)C(C#N)C(F)=C1. The van der Waals surface area contributed by atoms with Crippen molar-refractivity contribution in [3.8, 4) is 6.07 Å². The van der Waals surface area contributed by atoms with Gasteiger partial charge in [0.25, 0.3) is 0 Å². The third kappa shape index (κ3) is 2.45. The zero-order valence-electron chi connectivity index (χ0n) is 10.7. The Labute approximate surface area is 106 Å². The van der Waals surface area contributed by atoms with Crippen LogP contribution in [0.25, 0.3) is 0 Å². The summed E-state index contributed by atoms with van der Waals surface area (Å²) < 4.78 is 13.6. The first-order valence-corrected chi connectivity index (χ1v) is 6.28. The summed E-state index contributed by atoms with van der Waals surface area (Å²) in [6.45, 7) is 3.90. The first-order valence-electron chi connectivity index (χ1n) is 6.28. The van der Waals surface area contributed by atoms with Crippen LogP contribution in [0.1, 0.15) is 26.7 Å². The van der Waals surface area contributed by atoms with Gasteiger partial charge in [-0.1, -0.05) is 6.92 Å². The maximum absolute atomic E-state index is 13.6. The summed E-state index contributed by atoms with van der Waals surface area (Å²) in [4.78, 5) is 11.6. The molecule has 1 fully saturated rings. The summed E-state index contributed by atoms with van der Waals surface area (Å²) in [7, 11) is 0. The van der Waals surface area contributed by atoms with Crippen molar-refractivity contribution >= 4 is 5.78 Å². The normalized spacial score (nSPS) is 27.6. The van der Waals surface area contributed by atoms with Crippen molar-refractivity contribution in [3.05, 3.63) is 23.2 Å². The molecule has 96 valence electrons. The molecule has 3 nitrogen and oxygen atoms in total. The Morgan fingerprint density at radius 1 is 1.61 bits per heavy atom. The molecule has 0 aromatic rings. The standard InChI is InChI=1S/C14H17FN2O/c1-8-5-12(15)11(6-16)9(2)14(8)17-7-13(18)10-3-4-10/h5,9-11,17H,3-4,7H2,1-2H3. The molecule has 0 saturated heterocycles. The van der Waals surface area contributed by atoms with Gasteiger partial charge in [0.1, 0.15) is 11.7 Å². The molecule has 1 saturated carbocycles. The Morgan fingerprint density at radius 2 is 2.28 bits per heavy atom. The number of carbonyl (C=O) groups excluding carboxylic acids is 1. The van der Waals surface area contributed by atoms with Gasteiger partial charge in [-0.2, -0.15) is 5.26 Å².